The van der Waals surface area contributed by atoms with E-state index in [-0.39, 0.29) is 64.7 Å². The molecule has 2 aromatic heterocycles. The molecule has 3 aromatic carbocycles. The van der Waals surface area contributed by atoms with Crippen LogP contribution in [0.1, 0.15) is 95.5 Å². The predicted octanol–water partition coefficient (Wildman–Crippen LogP) is 8.68. The molecule has 3 fully saturated rings. The van der Waals surface area contributed by atoms with Gasteiger partial charge in [0, 0.05) is 29.3 Å². The lowest BCUT2D eigenvalue weighted by Crippen LogP contribution is -2.54. The maximum Gasteiger partial charge on any atom is 0.407 e. The lowest BCUT2D eigenvalue weighted by Gasteiger charge is -2.37. The molecule has 3 aliphatic carbocycles. The summed E-state index contributed by atoms with van der Waals surface area (Å²) in [4.78, 5) is 72.1. The highest BCUT2D eigenvalue weighted by atomic mass is 19.3. The van der Waals surface area contributed by atoms with Crippen LogP contribution in [0.25, 0.3) is 44.5 Å². The van der Waals surface area contributed by atoms with Crippen molar-refractivity contribution in [1.29, 1.82) is 0 Å². The van der Waals surface area contributed by atoms with E-state index < -0.39 is 30.2 Å². The Labute approximate surface area is 376 Å². The average molecular weight is 891 g/mol. The number of amides is 4. The number of methoxy groups -OCH3 is 2. The maximum atomic E-state index is 16.6. The Hall–Kier alpha value is -6.32. The fourth-order valence-corrected chi connectivity index (χ4v) is 10.1. The van der Waals surface area contributed by atoms with Gasteiger partial charge < -0.3 is 39.9 Å². The molecule has 16 heteroatoms. The molecule has 9 rings (SSSR count). The van der Waals surface area contributed by atoms with Crippen LogP contribution >= 0.6 is 0 Å². The van der Waals surface area contributed by atoms with E-state index in [0.717, 1.165) is 43.2 Å². The van der Waals surface area contributed by atoms with Crippen molar-refractivity contribution in [1.82, 2.24) is 40.4 Å². The van der Waals surface area contributed by atoms with Gasteiger partial charge >= 0.3 is 12.2 Å². The standard InChI is InChI=1S/C49H56F2N8O6/c1-25(2)40(56-46(62)64-6)44(60)58(24-48(5)16-17-48)23-39-52-22-38(53-39)29-10-14-33-32-13-9-27(19-34(32)49(50,51)35(33)20-29)28-11-15-36-37(21-28)55-43(54-36)42-30-8-12-31(18-30)59(42)45(61)41(26(3)4)57-47(63)65-7/h9-11,13-15,19-22,25-26,30-31,40-42H,8,12,16-18,23-24H2,1-7H3,(H,52,53)(H,54,55)(H,56,62)(H,57,63)/t30-,31?,40?,41?,42?/m0/s1. The number of fused-ring (bicyclic) bond motifs is 6. The number of hydrogen-bond donors (Lipinski definition) is 4. The summed E-state index contributed by atoms with van der Waals surface area (Å²) in [5.74, 6) is -2.68. The molecule has 3 heterocycles. The minimum Gasteiger partial charge on any atom is -0.453 e. The second kappa shape index (κ2) is 16.6. The van der Waals surface area contributed by atoms with Gasteiger partial charge in [-0.3, -0.25) is 9.59 Å². The van der Waals surface area contributed by atoms with E-state index in [1.165, 1.54) is 20.3 Å². The number of alkyl halides is 2. The summed E-state index contributed by atoms with van der Waals surface area (Å²) in [5.41, 5.74) is 4.55. The van der Waals surface area contributed by atoms with Gasteiger partial charge in [0.15, 0.2) is 0 Å². The lowest BCUT2D eigenvalue weighted by atomic mass is 9.95. The first-order valence-corrected chi connectivity index (χ1v) is 22.5. The van der Waals surface area contributed by atoms with Gasteiger partial charge in [-0.2, -0.15) is 8.78 Å². The number of piperidine rings is 1. The minimum absolute atomic E-state index is 0.0289. The average Bonchev–Trinajstić information content (AvgIpc) is 3.86. The number of aromatic amines is 2. The molecule has 2 saturated carbocycles. The summed E-state index contributed by atoms with van der Waals surface area (Å²) in [6.07, 6.45) is 4.93. The van der Waals surface area contributed by atoms with Crippen molar-refractivity contribution < 1.29 is 37.4 Å². The third-order valence-corrected chi connectivity index (χ3v) is 14.0. The molecule has 1 aliphatic heterocycles. The number of likely N-dealkylation sites (tertiary alicyclic amines) is 1. The fourth-order valence-electron chi connectivity index (χ4n) is 10.1. The molecule has 4 amide bonds. The fraction of sp³-hybridized carbons (Fsp3) is 0.469. The van der Waals surface area contributed by atoms with Crippen LogP contribution in [0.3, 0.4) is 0 Å². The Morgan fingerprint density at radius 1 is 0.846 bits per heavy atom. The molecule has 0 spiro atoms. The number of carbonyl (C=O) groups excluding carboxylic acids is 4. The van der Waals surface area contributed by atoms with Crippen LogP contribution in [0.4, 0.5) is 18.4 Å². The molecular weight excluding hydrogens is 835 g/mol. The maximum absolute atomic E-state index is 16.6. The zero-order chi connectivity index (χ0) is 46.1. The Bertz CT molecular complexity index is 2690. The van der Waals surface area contributed by atoms with Gasteiger partial charge in [0.05, 0.1) is 49.7 Å². The van der Waals surface area contributed by atoms with Crippen molar-refractivity contribution in [2.45, 2.75) is 103 Å². The number of rotatable bonds is 13. The van der Waals surface area contributed by atoms with Crippen molar-refractivity contribution in [3.05, 3.63) is 83.6 Å². The number of benzene rings is 3. The van der Waals surface area contributed by atoms with Crippen LogP contribution < -0.4 is 10.6 Å². The molecule has 65 heavy (non-hydrogen) atoms. The van der Waals surface area contributed by atoms with E-state index in [1.807, 2.05) is 56.9 Å². The van der Waals surface area contributed by atoms with E-state index in [0.29, 0.717) is 51.7 Å². The van der Waals surface area contributed by atoms with Gasteiger partial charge in [0.2, 0.25) is 11.8 Å². The smallest absolute Gasteiger partial charge is 0.407 e. The van der Waals surface area contributed by atoms with Gasteiger partial charge in [-0.05, 0) is 102 Å². The van der Waals surface area contributed by atoms with Gasteiger partial charge in [-0.1, -0.05) is 65.0 Å². The van der Waals surface area contributed by atoms with Crippen LogP contribution in [0.15, 0.2) is 60.8 Å². The third kappa shape index (κ3) is 8.09. The Kier molecular flexibility index (Phi) is 11.2. The monoisotopic (exact) mass is 890 g/mol. The molecule has 0 radical (unpaired) electrons. The number of H-pyrrole nitrogens is 2. The second-order valence-corrected chi connectivity index (χ2v) is 19.3. The minimum atomic E-state index is -3.29. The van der Waals surface area contributed by atoms with Crippen LogP contribution in [-0.2, 0) is 31.5 Å². The van der Waals surface area contributed by atoms with E-state index in [9.17, 15) is 19.2 Å². The van der Waals surface area contributed by atoms with E-state index in [1.54, 1.807) is 35.4 Å². The summed E-state index contributed by atoms with van der Waals surface area (Å²) in [6.45, 7) is 10.2. The largest absolute Gasteiger partial charge is 0.453 e. The first kappa shape index (κ1) is 43.9. The normalized spacial score (nSPS) is 20.7. The quantitative estimate of drug-likeness (QED) is 0.0909. The number of alkyl carbamates (subject to hydrolysis) is 2. The Balaban J connectivity index is 0.946. The molecule has 5 aromatic rings. The van der Waals surface area contributed by atoms with Crippen LogP contribution in [0.5, 0.6) is 0 Å². The van der Waals surface area contributed by atoms with Crippen molar-refractivity contribution in [3.63, 3.8) is 0 Å². The zero-order valence-corrected chi connectivity index (χ0v) is 37.8. The number of hydrogen-bond acceptors (Lipinski definition) is 8. The van der Waals surface area contributed by atoms with Crippen molar-refractivity contribution in [3.8, 4) is 33.5 Å². The topological polar surface area (TPSA) is 175 Å². The molecule has 4 unspecified atom stereocenters. The van der Waals surface area contributed by atoms with E-state index in [4.69, 9.17) is 14.5 Å². The van der Waals surface area contributed by atoms with Crippen LogP contribution in [-0.4, -0.2) is 92.6 Å². The van der Waals surface area contributed by atoms with Crippen molar-refractivity contribution in [2.24, 2.45) is 23.2 Å². The highest BCUT2D eigenvalue weighted by Crippen LogP contribution is 2.53. The number of nitrogens with zero attached hydrogens (tertiary/aromatic N) is 4. The second-order valence-electron chi connectivity index (χ2n) is 19.3. The number of aromatic nitrogens is 4. The Morgan fingerprint density at radius 2 is 1.46 bits per heavy atom. The highest BCUT2D eigenvalue weighted by molar-refractivity contribution is 5.89. The molecule has 1 saturated heterocycles. The molecule has 4 N–H and O–H groups in total. The van der Waals surface area contributed by atoms with Gasteiger partial charge in [-0.25, -0.2) is 19.6 Å². The molecule has 14 nitrogen and oxygen atoms in total. The summed E-state index contributed by atoms with van der Waals surface area (Å²) < 4.78 is 42.9. The summed E-state index contributed by atoms with van der Waals surface area (Å²) >= 11 is 0. The van der Waals surface area contributed by atoms with Crippen molar-refractivity contribution >= 4 is 35.0 Å². The SMILES string of the molecule is COC(=O)NC(C(=O)N(Cc1ncc(-c2ccc3c(c2)C(F)(F)c2cc(-c4ccc5nc(C6[C@H]7CCC(C7)N6C(=O)C(NC(=O)OC)C(C)C)[nH]c5c4)ccc2-3)[nH]1)CC1(C)CC1)C(C)C. The van der Waals surface area contributed by atoms with Crippen LogP contribution in [0, 0.1) is 23.2 Å². The van der Waals surface area contributed by atoms with Crippen molar-refractivity contribution in [2.75, 3.05) is 20.8 Å². The van der Waals surface area contributed by atoms with E-state index >= 15 is 8.78 Å². The Morgan fingerprint density at radius 3 is 2.11 bits per heavy atom. The third-order valence-electron chi connectivity index (χ3n) is 14.0. The summed E-state index contributed by atoms with van der Waals surface area (Å²) in [7, 11) is 2.53. The molecule has 4 aliphatic rings. The zero-order valence-electron chi connectivity index (χ0n) is 37.8. The molecule has 5 atom stereocenters. The highest BCUT2D eigenvalue weighted by Gasteiger charge is 2.52. The van der Waals surface area contributed by atoms with Gasteiger partial charge in [0.1, 0.15) is 23.7 Å². The van der Waals surface area contributed by atoms with Gasteiger partial charge in [-0.15, -0.1) is 0 Å². The summed E-state index contributed by atoms with van der Waals surface area (Å²) in [6, 6.07) is 14.0. The van der Waals surface area contributed by atoms with Crippen LogP contribution in [0.2, 0.25) is 0 Å². The number of imidazole rings is 2. The molecule has 2 bridgehead atoms. The van der Waals surface area contributed by atoms with Gasteiger partial charge in [0.25, 0.3) is 5.92 Å². The number of nitrogens with one attached hydrogen (secondary N) is 4. The molecule has 342 valence electrons. The number of halogens is 2. The number of ether oxygens (including phenoxy) is 2. The first-order chi connectivity index (χ1) is 31.0. The number of carbonyl (C=O) groups is 4. The lowest BCUT2D eigenvalue weighted by molar-refractivity contribution is -0.139. The van der Waals surface area contributed by atoms with E-state index in [2.05, 4.69) is 32.5 Å². The summed E-state index contributed by atoms with van der Waals surface area (Å²) in [5, 5.41) is 5.41. The molecular formula is C49H56F2N8O6. The predicted molar refractivity (Wildman–Crippen MR) is 239 cm³/mol. The first-order valence-electron chi connectivity index (χ1n) is 22.5.